The van der Waals surface area contributed by atoms with Gasteiger partial charge in [-0.3, -0.25) is 4.79 Å². The maximum atomic E-state index is 12.9. The van der Waals surface area contributed by atoms with Crippen LogP contribution in [-0.2, 0) is 0 Å². The van der Waals surface area contributed by atoms with Gasteiger partial charge in [-0.05, 0) is 32.4 Å². The lowest BCUT2D eigenvalue weighted by molar-refractivity contribution is 0.0984. The van der Waals surface area contributed by atoms with E-state index in [1.807, 2.05) is 41.8 Å². The number of hydrogen-bond acceptors (Lipinski definition) is 4. The van der Waals surface area contributed by atoms with Gasteiger partial charge in [0.15, 0.2) is 0 Å². The van der Waals surface area contributed by atoms with Crippen LogP contribution in [0.15, 0.2) is 33.7 Å². The summed E-state index contributed by atoms with van der Waals surface area (Å²) < 4.78 is 5.14. The SMILES string of the molecule is Cc1noc(C)c1C(=O)N1CC[C@H](C)Sc2ccccc21. The third kappa shape index (κ3) is 2.58. The number of benzene rings is 1. The maximum absolute atomic E-state index is 12.9. The first kappa shape index (κ1) is 14.2. The van der Waals surface area contributed by atoms with E-state index in [4.69, 9.17) is 4.52 Å². The van der Waals surface area contributed by atoms with Crippen LogP contribution >= 0.6 is 11.8 Å². The number of aromatic nitrogens is 1. The Kier molecular flexibility index (Phi) is 3.76. The number of nitrogens with zero attached hydrogens (tertiary/aromatic N) is 2. The Morgan fingerprint density at radius 1 is 1.38 bits per heavy atom. The van der Waals surface area contributed by atoms with Crippen molar-refractivity contribution in [3.8, 4) is 0 Å². The van der Waals surface area contributed by atoms with Gasteiger partial charge < -0.3 is 9.42 Å². The third-order valence-electron chi connectivity index (χ3n) is 3.74. The Morgan fingerprint density at radius 2 is 2.14 bits per heavy atom. The van der Waals surface area contributed by atoms with Crippen LogP contribution in [0.1, 0.15) is 35.2 Å². The number of anilines is 1. The summed E-state index contributed by atoms with van der Waals surface area (Å²) in [6.07, 6.45) is 0.967. The molecular formula is C16H18N2O2S. The van der Waals surface area contributed by atoms with Gasteiger partial charge in [0.25, 0.3) is 5.91 Å². The molecule has 0 saturated carbocycles. The summed E-state index contributed by atoms with van der Waals surface area (Å²) in [5.74, 6) is 0.563. The molecule has 1 aromatic carbocycles. The van der Waals surface area contributed by atoms with Crippen LogP contribution in [0, 0.1) is 13.8 Å². The molecule has 1 atom stereocenters. The lowest BCUT2D eigenvalue weighted by Crippen LogP contribution is -2.32. The molecular weight excluding hydrogens is 284 g/mol. The number of carbonyl (C=O) groups is 1. The number of para-hydroxylation sites is 1. The van der Waals surface area contributed by atoms with Crippen molar-refractivity contribution in [3.63, 3.8) is 0 Å². The van der Waals surface area contributed by atoms with E-state index in [0.29, 0.717) is 28.8 Å². The average molecular weight is 302 g/mol. The van der Waals surface area contributed by atoms with Gasteiger partial charge in [0.2, 0.25) is 0 Å². The van der Waals surface area contributed by atoms with E-state index in [2.05, 4.69) is 18.1 Å². The zero-order valence-electron chi connectivity index (χ0n) is 12.4. The highest BCUT2D eigenvalue weighted by atomic mass is 32.2. The van der Waals surface area contributed by atoms with Crippen molar-refractivity contribution >= 4 is 23.4 Å². The van der Waals surface area contributed by atoms with E-state index in [9.17, 15) is 4.79 Å². The molecule has 2 heterocycles. The van der Waals surface area contributed by atoms with Crippen LogP contribution in [0.5, 0.6) is 0 Å². The van der Waals surface area contributed by atoms with Crippen LogP contribution in [0.25, 0.3) is 0 Å². The topological polar surface area (TPSA) is 46.3 Å². The first-order valence-corrected chi connectivity index (χ1v) is 7.96. The minimum atomic E-state index is -0.0200. The molecule has 1 aliphatic heterocycles. The first-order valence-electron chi connectivity index (χ1n) is 7.08. The number of hydrogen-bond donors (Lipinski definition) is 0. The van der Waals surface area contributed by atoms with Crippen molar-refractivity contribution in [1.29, 1.82) is 0 Å². The quantitative estimate of drug-likeness (QED) is 0.803. The van der Waals surface area contributed by atoms with Gasteiger partial charge in [-0.25, -0.2) is 0 Å². The highest BCUT2D eigenvalue weighted by Crippen LogP contribution is 2.38. The molecule has 5 heteroatoms. The Hall–Kier alpha value is -1.75. The summed E-state index contributed by atoms with van der Waals surface area (Å²) in [6.45, 7) is 6.51. The number of rotatable bonds is 1. The Labute approximate surface area is 128 Å². The maximum Gasteiger partial charge on any atom is 0.263 e. The monoisotopic (exact) mass is 302 g/mol. The number of aryl methyl sites for hydroxylation is 2. The summed E-state index contributed by atoms with van der Waals surface area (Å²) in [5, 5.41) is 4.39. The number of fused-ring (bicyclic) bond motifs is 1. The van der Waals surface area contributed by atoms with Crippen LogP contribution < -0.4 is 4.90 Å². The molecule has 2 aromatic rings. The highest BCUT2D eigenvalue weighted by molar-refractivity contribution is 8.00. The Morgan fingerprint density at radius 3 is 2.86 bits per heavy atom. The lowest BCUT2D eigenvalue weighted by atomic mass is 10.1. The molecule has 0 saturated heterocycles. The second kappa shape index (κ2) is 5.56. The summed E-state index contributed by atoms with van der Waals surface area (Å²) in [7, 11) is 0. The van der Waals surface area contributed by atoms with Gasteiger partial charge >= 0.3 is 0 Å². The fraction of sp³-hybridized carbons (Fsp3) is 0.375. The third-order valence-corrected chi connectivity index (χ3v) is 4.97. The molecule has 0 N–H and O–H groups in total. The van der Waals surface area contributed by atoms with Gasteiger partial charge in [0.1, 0.15) is 11.3 Å². The summed E-state index contributed by atoms with van der Waals surface area (Å²) in [4.78, 5) is 16.0. The highest BCUT2D eigenvalue weighted by Gasteiger charge is 2.28. The standard InChI is InChI=1S/C16H18N2O2S/c1-10-8-9-18(13-6-4-5-7-14(13)21-10)16(19)15-11(2)17-20-12(15)3/h4-7,10H,8-9H2,1-3H3/t10-/m0/s1. The van der Waals surface area contributed by atoms with Crippen LogP contribution in [0.2, 0.25) is 0 Å². The van der Waals surface area contributed by atoms with Crippen molar-refractivity contribution in [3.05, 3.63) is 41.3 Å². The molecule has 1 amide bonds. The van der Waals surface area contributed by atoms with Crippen LogP contribution in [0.4, 0.5) is 5.69 Å². The molecule has 0 unspecified atom stereocenters. The summed E-state index contributed by atoms with van der Waals surface area (Å²) in [6, 6.07) is 8.08. The van der Waals surface area contributed by atoms with Crippen molar-refractivity contribution in [1.82, 2.24) is 5.16 Å². The molecule has 1 aliphatic rings. The minimum Gasteiger partial charge on any atom is -0.361 e. The predicted molar refractivity (Wildman–Crippen MR) is 84.0 cm³/mol. The molecule has 110 valence electrons. The van der Waals surface area contributed by atoms with Crippen molar-refractivity contribution in [2.45, 2.75) is 37.3 Å². The molecule has 0 spiro atoms. The van der Waals surface area contributed by atoms with Gasteiger partial charge in [-0.15, -0.1) is 11.8 Å². The van der Waals surface area contributed by atoms with E-state index in [0.717, 1.165) is 17.0 Å². The van der Waals surface area contributed by atoms with Crippen molar-refractivity contribution in [2.75, 3.05) is 11.4 Å². The second-order valence-electron chi connectivity index (χ2n) is 5.34. The zero-order chi connectivity index (χ0) is 15.0. The summed E-state index contributed by atoms with van der Waals surface area (Å²) in [5.41, 5.74) is 2.22. The van der Waals surface area contributed by atoms with Crippen LogP contribution in [0.3, 0.4) is 0 Å². The molecule has 0 bridgehead atoms. The Balaban J connectivity index is 2.04. The first-order chi connectivity index (χ1) is 10.1. The molecule has 0 fully saturated rings. The molecule has 1 aromatic heterocycles. The molecule has 0 radical (unpaired) electrons. The zero-order valence-corrected chi connectivity index (χ0v) is 13.2. The van der Waals surface area contributed by atoms with Gasteiger partial charge in [-0.1, -0.05) is 24.2 Å². The number of thioether (sulfide) groups is 1. The predicted octanol–water partition coefficient (Wildman–Crippen LogP) is 3.82. The average Bonchev–Trinajstić information content (AvgIpc) is 2.69. The van der Waals surface area contributed by atoms with E-state index in [1.165, 1.54) is 0 Å². The largest absolute Gasteiger partial charge is 0.361 e. The molecule has 0 aliphatic carbocycles. The molecule has 21 heavy (non-hydrogen) atoms. The number of amides is 1. The molecule has 3 rings (SSSR count). The van der Waals surface area contributed by atoms with E-state index in [-0.39, 0.29) is 5.91 Å². The molecule has 4 nitrogen and oxygen atoms in total. The van der Waals surface area contributed by atoms with E-state index in [1.54, 1.807) is 6.92 Å². The Bertz CT molecular complexity index is 661. The fourth-order valence-electron chi connectivity index (χ4n) is 2.62. The van der Waals surface area contributed by atoms with Crippen LogP contribution in [-0.4, -0.2) is 22.9 Å². The van der Waals surface area contributed by atoms with Crippen molar-refractivity contribution < 1.29 is 9.32 Å². The number of carbonyl (C=O) groups excluding carboxylic acids is 1. The van der Waals surface area contributed by atoms with Gasteiger partial charge in [-0.2, -0.15) is 0 Å². The van der Waals surface area contributed by atoms with Gasteiger partial charge in [0.05, 0.1) is 11.4 Å². The fourth-order valence-corrected chi connectivity index (χ4v) is 3.73. The van der Waals surface area contributed by atoms with Crippen molar-refractivity contribution in [2.24, 2.45) is 0 Å². The smallest absolute Gasteiger partial charge is 0.263 e. The normalized spacial score (nSPS) is 18.2. The van der Waals surface area contributed by atoms with E-state index < -0.39 is 0 Å². The summed E-state index contributed by atoms with van der Waals surface area (Å²) >= 11 is 1.83. The minimum absolute atomic E-state index is 0.0200. The van der Waals surface area contributed by atoms with E-state index >= 15 is 0 Å². The lowest BCUT2D eigenvalue weighted by Gasteiger charge is -2.22. The van der Waals surface area contributed by atoms with Gasteiger partial charge in [0, 0.05) is 16.7 Å². The second-order valence-corrected chi connectivity index (χ2v) is 6.82.